The highest BCUT2D eigenvalue weighted by atomic mass is 16.8. The van der Waals surface area contributed by atoms with Crippen LogP contribution < -0.4 is 5.32 Å². The van der Waals surface area contributed by atoms with Crippen LogP contribution in [0.15, 0.2) is 0 Å². The molecule has 0 aromatic heterocycles. The molecule has 21 saturated heterocycles. The van der Waals surface area contributed by atoms with Crippen LogP contribution >= 0.6 is 0 Å². The van der Waals surface area contributed by atoms with Gasteiger partial charge in [-0.2, -0.15) is 0 Å². The van der Waals surface area contributed by atoms with Gasteiger partial charge < -0.3 is 179 Å². The van der Waals surface area contributed by atoms with Crippen molar-refractivity contribution in [2.75, 3.05) is 52.7 Å². The van der Waals surface area contributed by atoms with Crippen LogP contribution in [-0.4, -0.2) is 381 Å². The van der Waals surface area contributed by atoms with Crippen molar-refractivity contribution in [3.8, 4) is 0 Å². The minimum absolute atomic E-state index is 0.109. The Morgan fingerprint density at radius 3 is 0.580 bits per heavy atom. The van der Waals surface area contributed by atoms with Crippen molar-refractivity contribution in [1.29, 1.82) is 0 Å². The van der Waals surface area contributed by atoms with Gasteiger partial charge in [-0.1, -0.05) is 0 Å². The maximum Gasteiger partial charge on any atom is 0.187 e. The molecule has 0 saturated carbocycles. The zero-order valence-electron chi connectivity index (χ0n) is 43.0. The predicted octanol–water partition coefficient (Wildman–Crippen LogP) is -15.3. The highest BCUT2D eigenvalue weighted by Crippen LogP contribution is 2.39. The van der Waals surface area contributed by atoms with Gasteiger partial charge in [0.15, 0.2) is 44.0 Å². The first-order valence-electron chi connectivity index (χ1n) is 26.3. The third kappa shape index (κ3) is 13.5. The summed E-state index contributed by atoms with van der Waals surface area (Å²) >= 11 is 0. The number of rotatable bonds is 10. The van der Waals surface area contributed by atoms with Crippen LogP contribution in [0.4, 0.5) is 0 Å². The monoisotopic (exact) mass is 1190 g/mol. The second-order valence-corrected chi connectivity index (χ2v) is 21.0. The fourth-order valence-electron chi connectivity index (χ4n) is 10.9. The van der Waals surface area contributed by atoms with Gasteiger partial charge in [-0.3, -0.25) is 0 Å². The van der Waals surface area contributed by atoms with E-state index in [9.17, 15) is 107 Å². The maximum absolute atomic E-state index is 11.6. The first-order chi connectivity index (χ1) is 38.5. The average Bonchev–Trinajstić information content (AvgIpc) is 3.45. The quantitative estimate of drug-likeness (QED) is 0.0966. The summed E-state index contributed by atoms with van der Waals surface area (Å²) in [6, 6.07) is 0. The third-order valence-corrected chi connectivity index (χ3v) is 15.4. The number of nitrogens with one attached hydrogen (secondary N) is 1. The van der Waals surface area contributed by atoms with E-state index in [2.05, 4.69) is 5.32 Å². The lowest BCUT2D eigenvalue weighted by Crippen LogP contribution is -2.68. The second-order valence-electron chi connectivity index (χ2n) is 21.0. The Morgan fingerprint density at radius 1 is 0.259 bits per heavy atom. The van der Waals surface area contributed by atoms with E-state index in [0.717, 1.165) is 0 Å². The van der Waals surface area contributed by atoms with Gasteiger partial charge in [-0.25, -0.2) is 0 Å². The molecule has 21 rings (SSSR count). The molecular weight excluding hydrogens is 1110 g/mol. The molecule has 0 spiro atoms. The van der Waals surface area contributed by atoms with Gasteiger partial charge in [-0.15, -0.1) is 0 Å². The molecule has 36 nitrogen and oxygen atoms in total. The summed E-state index contributed by atoms with van der Waals surface area (Å²) in [7, 11) is 0. The van der Waals surface area contributed by atoms with E-state index >= 15 is 0 Å². The van der Waals surface area contributed by atoms with Crippen LogP contribution in [0.2, 0.25) is 0 Å². The molecule has 472 valence electrons. The molecule has 0 aromatic rings. The van der Waals surface area contributed by atoms with E-state index in [1.54, 1.807) is 0 Å². The van der Waals surface area contributed by atoms with Crippen molar-refractivity contribution < 1.29 is 174 Å². The van der Waals surface area contributed by atoms with E-state index in [-0.39, 0.29) is 13.1 Å². The Kier molecular flexibility index (Phi) is 22.8. The number of ether oxygens (including phenoxy) is 14. The Bertz CT molecular complexity index is 1910. The minimum Gasteiger partial charge on any atom is -0.394 e. The van der Waals surface area contributed by atoms with Gasteiger partial charge in [-0.05, 0) is 6.92 Å². The number of aliphatic hydroxyl groups is 21. The molecule has 14 bridgehead atoms. The van der Waals surface area contributed by atoms with Crippen molar-refractivity contribution in [3.05, 3.63) is 0 Å². The van der Waals surface area contributed by atoms with Gasteiger partial charge >= 0.3 is 0 Å². The van der Waals surface area contributed by atoms with Crippen molar-refractivity contribution in [2.45, 2.75) is 228 Å². The molecule has 0 aliphatic carbocycles. The Balaban J connectivity index is 1.09. The van der Waals surface area contributed by atoms with E-state index in [4.69, 9.17) is 66.3 Å². The molecule has 22 N–H and O–H groups in total. The maximum atomic E-state index is 11.6. The smallest absolute Gasteiger partial charge is 0.187 e. The highest BCUT2D eigenvalue weighted by molar-refractivity contribution is 5.02. The number of hydrogen-bond donors (Lipinski definition) is 22. The molecule has 21 heterocycles. The van der Waals surface area contributed by atoms with Gasteiger partial charge in [0.1, 0.15) is 171 Å². The standard InChI is InChI=1S/C45H77NO35/c1-10(53)2-46-3-11-32-18(54)25(61)39(68-11)76-33-12(4-47)70-41(27(63)20(33)56)78-35-14(6-49)72-43(29(65)22(35)58)80-37-16(8-51)74-45(31(67)24(37)60)81-38-17(9-52)73-44(30(66)23(38)59)79-36-15(7-50)71-42(28(64)21(36)57)77-34-13(5-48)69-40(75-32)26(62)19(34)55/h10-67H,2-9H2,1H3/t10?,11-,12-,13-,14-,15-,16-,17-,18-,19-,20-,21-,22-,23-,24-,25-,26-,27-,28-,29-,30-,31-,32-,33-,34-,35-,36-,37-,38-,39-,40-,41-,42-,43-,44-,45-/m1/s1. The van der Waals surface area contributed by atoms with Crippen molar-refractivity contribution in [3.63, 3.8) is 0 Å². The number of aliphatic hydroxyl groups excluding tert-OH is 21. The minimum atomic E-state index is -2.21. The Hall–Kier alpha value is -1.44. The summed E-state index contributed by atoms with van der Waals surface area (Å²) in [6.45, 7) is -5.31. The average molecular weight is 1190 g/mol. The van der Waals surface area contributed by atoms with Crippen LogP contribution in [0.1, 0.15) is 6.92 Å². The molecule has 0 aromatic carbocycles. The van der Waals surface area contributed by atoms with Gasteiger partial charge in [0, 0.05) is 13.1 Å². The summed E-state index contributed by atoms with van der Waals surface area (Å²) in [6.07, 6.45) is -70.7. The lowest BCUT2D eigenvalue weighted by Gasteiger charge is -2.50. The topological polar surface area (TPSA) is 566 Å². The summed E-state index contributed by atoms with van der Waals surface area (Å²) in [4.78, 5) is 0. The zero-order valence-corrected chi connectivity index (χ0v) is 43.0. The fraction of sp³-hybridized carbons (Fsp3) is 1.00. The number of hydrogen-bond acceptors (Lipinski definition) is 36. The molecule has 21 aliphatic rings. The molecule has 36 atom stereocenters. The molecule has 0 radical (unpaired) electrons. The van der Waals surface area contributed by atoms with Crippen molar-refractivity contribution in [1.82, 2.24) is 5.32 Å². The predicted molar refractivity (Wildman–Crippen MR) is 246 cm³/mol. The van der Waals surface area contributed by atoms with Crippen LogP contribution in [-0.2, 0) is 66.3 Å². The molecule has 36 heteroatoms. The largest absolute Gasteiger partial charge is 0.394 e. The summed E-state index contributed by atoms with van der Waals surface area (Å²) in [5.41, 5.74) is 0. The lowest BCUT2D eigenvalue weighted by atomic mass is 9.95. The van der Waals surface area contributed by atoms with Gasteiger partial charge in [0.2, 0.25) is 0 Å². The normalized spacial score (nSPS) is 53.6. The second kappa shape index (κ2) is 28.2. The van der Waals surface area contributed by atoms with Gasteiger partial charge in [0.05, 0.1) is 45.7 Å². The zero-order chi connectivity index (χ0) is 59.0. The van der Waals surface area contributed by atoms with E-state index in [0.29, 0.717) is 0 Å². The summed E-state index contributed by atoms with van der Waals surface area (Å²) in [5.74, 6) is 0. The molecule has 21 fully saturated rings. The van der Waals surface area contributed by atoms with Crippen LogP contribution in [0, 0.1) is 0 Å². The summed E-state index contributed by atoms with van der Waals surface area (Å²) in [5, 5.41) is 235. The molecule has 21 aliphatic heterocycles. The molecular formula is C45H77NO35. The Morgan fingerprint density at radius 2 is 0.420 bits per heavy atom. The molecule has 0 amide bonds. The highest BCUT2D eigenvalue weighted by Gasteiger charge is 2.59. The van der Waals surface area contributed by atoms with Crippen molar-refractivity contribution in [2.24, 2.45) is 0 Å². The SMILES string of the molecule is CC(O)CNC[C@H]1O[C@@H]2O[C@H]3[C@H](O)[C@@H](O)[C@@H](O[C@H]4[C@H](O)[C@@H](O)[C@@H](O[C@H]5[C@H](O)[C@@H](O)[C@@H](O[C@H]6[C@H](O)[C@@H](O)[C@@H](O[C@H]7[C@H](O)[C@@H](O)[C@@H](O[C@H]8[C@H](O)[C@@H](O)[C@@H](O[C@H]1[C@H](O)[C@H]2O)O[C@@H]8CO)O[C@@H]7CO)O[C@@H]6CO)O[C@@H]5CO)O[C@@H]4CO)O[C@@H]3CO. The van der Waals surface area contributed by atoms with E-state index in [1.807, 2.05) is 0 Å². The van der Waals surface area contributed by atoms with Crippen molar-refractivity contribution >= 4 is 0 Å². The lowest BCUT2D eigenvalue weighted by molar-refractivity contribution is -0.396. The van der Waals surface area contributed by atoms with E-state index < -0.39 is 261 Å². The first kappa shape index (κ1) is 65.5. The van der Waals surface area contributed by atoms with E-state index in [1.165, 1.54) is 6.92 Å². The van der Waals surface area contributed by atoms with Gasteiger partial charge in [0.25, 0.3) is 0 Å². The summed E-state index contributed by atoms with van der Waals surface area (Å²) < 4.78 is 80.7. The fourth-order valence-corrected chi connectivity index (χ4v) is 10.9. The van der Waals surface area contributed by atoms with Crippen LogP contribution in [0.25, 0.3) is 0 Å². The Labute approximate surface area is 459 Å². The molecule has 81 heavy (non-hydrogen) atoms. The van der Waals surface area contributed by atoms with Crippen LogP contribution in [0.5, 0.6) is 0 Å². The molecule has 1 unspecified atom stereocenters. The first-order valence-corrected chi connectivity index (χ1v) is 26.3. The third-order valence-electron chi connectivity index (χ3n) is 15.4. The van der Waals surface area contributed by atoms with Crippen LogP contribution in [0.3, 0.4) is 0 Å².